The van der Waals surface area contributed by atoms with Crippen LogP contribution in [0.5, 0.6) is 0 Å². The zero-order chi connectivity index (χ0) is 25.3. The van der Waals surface area contributed by atoms with Gasteiger partial charge in [-0.15, -0.1) is 0 Å². The third-order valence-electron chi connectivity index (χ3n) is 4.87. The molecule has 1 aliphatic rings. The minimum atomic E-state index is -0.922. The molecule has 10 nitrogen and oxygen atoms in total. The molecule has 188 valence electrons. The Kier molecular flexibility index (Phi) is 10.8. The second-order valence-corrected chi connectivity index (χ2v) is 10.6. The lowest BCUT2D eigenvalue weighted by Gasteiger charge is -2.27. The van der Waals surface area contributed by atoms with Crippen LogP contribution in [0.25, 0.3) is 0 Å². The Morgan fingerprint density at radius 1 is 0.970 bits per heavy atom. The summed E-state index contributed by atoms with van der Waals surface area (Å²) in [4.78, 5) is 61.8. The summed E-state index contributed by atoms with van der Waals surface area (Å²) < 4.78 is 5.22. The lowest BCUT2D eigenvalue weighted by Crippen LogP contribution is -2.59. The van der Waals surface area contributed by atoms with E-state index in [0.29, 0.717) is 12.8 Å². The van der Waals surface area contributed by atoms with Gasteiger partial charge in [0.2, 0.25) is 17.6 Å². The molecule has 0 aromatic carbocycles. The Labute approximate surface area is 196 Å². The second-order valence-electron chi connectivity index (χ2n) is 10.6. The number of alkyl carbamates (subject to hydrolysis) is 1. The molecule has 33 heavy (non-hydrogen) atoms. The Balaban J connectivity index is 2.88. The quantitative estimate of drug-likeness (QED) is 0.356. The average molecular weight is 469 g/mol. The monoisotopic (exact) mass is 468 g/mol. The summed E-state index contributed by atoms with van der Waals surface area (Å²) in [5, 5.41) is 10.3. The van der Waals surface area contributed by atoms with E-state index >= 15 is 0 Å². The van der Waals surface area contributed by atoms with Gasteiger partial charge in [-0.05, 0) is 36.5 Å². The van der Waals surface area contributed by atoms with E-state index < -0.39 is 47.7 Å². The van der Waals surface area contributed by atoms with Crippen LogP contribution in [0.15, 0.2) is 0 Å². The van der Waals surface area contributed by atoms with Crippen LogP contribution in [0.4, 0.5) is 4.79 Å². The number of hydrogen-bond donors (Lipinski definition) is 4. The molecule has 3 atom stereocenters. The smallest absolute Gasteiger partial charge is 0.407 e. The van der Waals surface area contributed by atoms with Gasteiger partial charge in [-0.2, -0.15) is 0 Å². The highest BCUT2D eigenvalue weighted by Gasteiger charge is 2.34. The predicted molar refractivity (Wildman–Crippen MR) is 123 cm³/mol. The summed E-state index contributed by atoms with van der Waals surface area (Å²) in [6.07, 6.45) is 0.270. The highest BCUT2D eigenvalue weighted by Crippen LogP contribution is 2.14. The molecular formula is C23H40N4O6. The molecule has 0 spiro atoms. The van der Waals surface area contributed by atoms with E-state index in [1.54, 1.807) is 0 Å². The Bertz CT molecular complexity index is 729. The Hall–Kier alpha value is -2.65. The van der Waals surface area contributed by atoms with Crippen LogP contribution in [-0.4, -0.2) is 60.9 Å². The molecule has 10 heteroatoms. The van der Waals surface area contributed by atoms with Crippen molar-refractivity contribution in [1.29, 1.82) is 0 Å². The lowest BCUT2D eigenvalue weighted by atomic mass is 9.98. The number of amides is 4. The summed E-state index contributed by atoms with van der Waals surface area (Å²) in [5.74, 6) is -2.32. The van der Waals surface area contributed by atoms with E-state index in [2.05, 4.69) is 21.3 Å². The number of carbonyl (C=O) groups excluding carboxylic acids is 5. The molecule has 3 unspecified atom stereocenters. The SMILES string of the molecule is CC(C)CC(NC(=O)OCC(C)(C)C)C(=O)NC(CC(C)C)C(=O)NC1CCNC(=O)C1=O. The van der Waals surface area contributed by atoms with Crippen molar-refractivity contribution >= 4 is 29.6 Å². The molecule has 1 aliphatic heterocycles. The normalized spacial score (nSPS) is 18.4. The average Bonchev–Trinajstić information content (AvgIpc) is 2.67. The van der Waals surface area contributed by atoms with Gasteiger partial charge in [0, 0.05) is 6.54 Å². The lowest BCUT2D eigenvalue weighted by molar-refractivity contribution is -0.142. The van der Waals surface area contributed by atoms with Crippen LogP contribution in [0.1, 0.15) is 67.7 Å². The number of ketones is 1. The van der Waals surface area contributed by atoms with Gasteiger partial charge < -0.3 is 26.0 Å². The summed E-state index contributed by atoms with van der Waals surface area (Å²) in [6.45, 7) is 13.9. The maximum atomic E-state index is 13.0. The van der Waals surface area contributed by atoms with Gasteiger partial charge in [-0.25, -0.2) is 4.79 Å². The van der Waals surface area contributed by atoms with E-state index in [1.807, 2.05) is 48.5 Å². The molecule has 0 radical (unpaired) electrons. The summed E-state index contributed by atoms with van der Waals surface area (Å²) in [6, 6.07) is -2.73. The van der Waals surface area contributed by atoms with Crippen molar-refractivity contribution in [2.45, 2.75) is 85.9 Å². The first-order valence-corrected chi connectivity index (χ1v) is 11.6. The number of hydrogen-bond acceptors (Lipinski definition) is 6. The van der Waals surface area contributed by atoms with Gasteiger partial charge in [0.25, 0.3) is 5.91 Å². The van der Waals surface area contributed by atoms with Gasteiger partial charge >= 0.3 is 6.09 Å². The number of rotatable bonds is 10. The van der Waals surface area contributed by atoms with Gasteiger partial charge in [0.1, 0.15) is 12.1 Å². The van der Waals surface area contributed by atoms with Crippen LogP contribution < -0.4 is 21.3 Å². The summed E-state index contributed by atoms with van der Waals surface area (Å²) >= 11 is 0. The van der Waals surface area contributed by atoms with Crippen molar-refractivity contribution < 1.29 is 28.7 Å². The van der Waals surface area contributed by atoms with Crippen molar-refractivity contribution in [2.24, 2.45) is 17.3 Å². The number of piperidine rings is 1. The molecule has 4 amide bonds. The first-order valence-electron chi connectivity index (χ1n) is 11.6. The summed E-state index contributed by atoms with van der Waals surface area (Å²) in [5.41, 5.74) is -0.221. The third-order valence-corrected chi connectivity index (χ3v) is 4.87. The molecule has 1 heterocycles. The number of carbonyl (C=O) groups is 5. The fourth-order valence-electron chi connectivity index (χ4n) is 3.26. The predicted octanol–water partition coefficient (Wildman–Crippen LogP) is 1.28. The zero-order valence-corrected chi connectivity index (χ0v) is 20.9. The van der Waals surface area contributed by atoms with Gasteiger partial charge in [-0.1, -0.05) is 48.5 Å². The first kappa shape index (κ1) is 28.4. The van der Waals surface area contributed by atoms with Crippen LogP contribution >= 0.6 is 0 Å². The molecule has 1 saturated heterocycles. The maximum Gasteiger partial charge on any atom is 0.407 e. The Morgan fingerprint density at radius 2 is 1.52 bits per heavy atom. The van der Waals surface area contributed by atoms with Crippen molar-refractivity contribution in [3.8, 4) is 0 Å². The standard InChI is InChI=1S/C23H40N4O6/c1-13(2)10-16(19(29)25-15-8-9-24-21(31)18(15)28)26-20(30)17(11-14(3)4)27-22(32)33-12-23(5,6)7/h13-17H,8-12H2,1-7H3,(H,24,31)(H,25,29)(H,26,30)(H,27,32). The van der Waals surface area contributed by atoms with E-state index in [-0.39, 0.29) is 36.8 Å². The highest BCUT2D eigenvalue weighted by atomic mass is 16.5. The van der Waals surface area contributed by atoms with Crippen LogP contribution in [0.3, 0.4) is 0 Å². The van der Waals surface area contributed by atoms with Gasteiger partial charge in [0.15, 0.2) is 0 Å². The molecule has 1 rings (SSSR count). The number of nitrogens with one attached hydrogen (secondary N) is 4. The molecule has 0 saturated carbocycles. The van der Waals surface area contributed by atoms with Gasteiger partial charge in [0.05, 0.1) is 12.6 Å². The minimum absolute atomic E-state index is 0.0691. The van der Waals surface area contributed by atoms with E-state index in [9.17, 15) is 24.0 Å². The molecule has 1 fully saturated rings. The van der Waals surface area contributed by atoms with Crippen molar-refractivity contribution in [1.82, 2.24) is 21.3 Å². The van der Waals surface area contributed by atoms with Crippen LogP contribution in [0, 0.1) is 17.3 Å². The molecule has 0 aromatic heterocycles. The summed E-state index contributed by atoms with van der Waals surface area (Å²) in [7, 11) is 0. The van der Waals surface area contributed by atoms with E-state index in [0.717, 1.165) is 0 Å². The molecule has 0 bridgehead atoms. The Morgan fingerprint density at radius 3 is 2.03 bits per heavy atom. The highest BCUT2D eigenvalue weighted by molar-refractivity contribution is 6.39. The first-order chi connectivity index (χ1) is 15.2. The molecule has 4 N–H and O–H groups in total. The van der Waals surface area contributed by atoms with Crippen molar-refractivity contribution in [3.63, 3.8) is 0 Å². The molecule has 0 aromatic rings. The fraction of sp³-hybridized carbons (Fsp3) is 0.783. The van der Waals surface area contributed by atoms with Crippen LogP contribution in [-0.2, 0) is 23.9 Å². The zero-order valence-electron chi connectivity index (χ0n) is 20.9. The number of Topliss-reactive ketones (excluding diaryl/α,β-unsaturated/α-hetero) is 1. The van der Waals surface area contributed by atoms with Crippen molar-refractivity contribution in [2.75, 3.05) is 13.2 Å². The maximum absolute atomic E-state index is 13.0. The van der Waals surface area contributed by atoms with E-state index in [4.69, 9.17) is 4.74 Å². The van der Waals surface area contributed by atoms with Gasteiger partial charge in [-0.3, -0.25) is 19.2 Å². The molecular weight excluding hydrogens is 428 g/mol. The number of ether oxygens (including phenoxy) is 1. The van der Waals surface area contributed by atoms with Crippen molar-refractivity contribution in [3.05, 3.63) is 0 Å². The molecule has 0 aliphatic carbocycles. The topological polar surface area (TPSA) is 143 Å². The fourth-order valence-corrected chi connectivity index (χ4v) is 3.26. The van der Waals surface area contributed by atoms with E-state index in [1.165, 1.54) is 0 Å². The second kappa shape index (κ2) is 12.6. The largest absolute Gasteiger partial charge is 0.449 e. The minimum Gasteiger partial charge on any atom is -0.449 e. The van der Waals surface area contributed by atoms with Crippen LogP contribution in [0.2, 0.25) is 0 Å². The third kappa shape index (κ3) is 10.7.